The van der Waals surface area contributed by atoms with Crippen molar-refractivity contribution in [1.82, 2.24) is 5.32 Å². The predicted octanol–water partition coefficient (Wildman–Crippen LogP) is 1.55. The second-order valence-corrected chi connectivity index (χ2v) is 5.37. The Balaban J connectivity index is 3.29. The van der Waals surface area contributed by atoms with Crippen LogP contribution in [0.2, 0.25) is 0 Å². The van der Waals surface area contributed by atoms with Crippen molar-refractivity contribution in [3.05, 3.63) is 0 Å². The van der Waals surface area contributed by atoms with Crippen molar-refractivity contribution in [3.63, 3.8) is 0 Å². The summed E-state index contributed by atoms with van der Waals surface area (Å²) in [6, 6.07) is 0. The standard InChI is InChI=1S/C14H31NO3/c1-4-6-13(16)9-15-10-14(17)11-18-8-5-7-12(2)3/h12-17H,4-11H2,1-3H3. The van der Waals surface area contributed by atoms with Crippen LogP contribution in [0.25, 0.3) is 0 Å². The maximum atomic E-state index is 9.63. The van der Waals surface area contributed by atoms with E-state index in [1.165, 1.54) is 0 Å². The molecule has 0 bridgehead atoms. The minimum atomic E-state index is -0.488. The summed E-state index contributed by atoms with van der Waals surface area (Å²) >= 11 is 0. The number of aliphatic hydroxyl groups is 2. The molecule has 0 aromatic heterocycles. The highest BCUT2D eigenvalue weighted by atomic mass is 16.5. The second-order valence-electron chi connectivity index (χ2n) is 5.37. The van der Waals surface area contributed by atoms with Gasteiger partial charge in [-0.3, -0.25) is 0 Å². The Morgan fingerprint density at radius 1 is 1.06 bits per heavy atom. The Kier molecular flexibility index (Phi) is 11.8. The number of rotatable bonds is 12. The first kappa shape index (κ1) is 17.8. The highest BCUT2D eigenvalue weighted by molar-refractivity contribution is 4.63. The topological polar surface area (TPSA) is 61.7 Å². The molecule has 0 aliphatic carbocycles. The van der Waals surface area contributed by atoms with Gasteiger partial charge in [0.2, 0.25) is 0 Å². The molecule has 18 heavy (non-hydrogen) atoms. The molecule has 0 saturated heterocycles. The lowest BCUT2D eigenvalue weighted by Gasteiger charge is -2.15. The van der Waals surface area contributed by atoms with E-state index in [1.54, 1.807) is 0 Å². The molecule has 0 aliphatic rings. The van der Waals surface area contributed by atoms with Crippen molar-refractivity contribution in [1.29, 1.82) is 0 Å². The monoisotopic (exact) mass is 261 g/mol. The van der Waals surface area contributed by atoms with Gasteiger partial charge in [-0.2, -0.15) is 0 Å². The summed E-state index contributed by atoms with van der Waals surface area (Å²) in [5.41, 5.74) is 0. The first-order chi connectivity index (χ1) is 8.56. The van der Waals surface area contributed by atoms with Crippen LogP contribution < -0.4 is 5.32 Å². The quantitative estimate of drug-likeness (QED) is 0.467. The fraction of sp³-hybridized carbons (Fsp3) is 1.00. The molecule has 2 atom stereocenters. The number of aliphatic hydroxyl groups excluding tert-OH is 2. The zero-order chi connectivity index (χ0) is 13.8. The zero-order valence-electron chi connectivity index (χ0n) is 12.2. The minimum Gasteiger partial charge on any atom is -0.392 e. The van der Waals surface area contributed by atoms with Gasteiger partial charge in [0, 0.05) is 19.7 Å². The van der Waals surface area contributed by atoms with E-state index >= 15 is 0 Å². The summed E-state index contributed by atoms with van der Waals surface area (Å²) in [5.74, 6) is 0.709. The molecule has 2 unspecified atom stereocenters. The van der Waals surface area contributed by atoms with Gasteiger partial charge in [-0.1, -0.05) is 27.2 Å². The Labute approximate surface area is 112 Å². The van der Waals surface area contributed by atoms with Gasteiger partial charge in [-0.15, -0.1) is 0 Å². The molecule has 0 saturated carbocycles. The summed E-state index contributed by atoms with van der Waals surface area (Å²) in [6.45, 7) is 8.54. The Bertz CT molecular complexity index is 176. The molecule has 4 heteroatoms. The van der Waals surface area contributed by atoms with Gasteiger partial charge in [0.15, 0.2) is 0 Å². The van der Waals surface area contributed by atoms with Crippen LogP contribution in [0.4, 0.5) is 0 Å². The Morgan fingerprint density at radius 3 is 2.33 bits per heavy atom. The van der Waals surface area contributed by atoms with Crippen LogP contribution in [0.1, 0.15) is 46.5 Å². The van der Waals surface area contributed by atoms with Crippen molar-refractivity contribution < 1.29 is 14.9 Å². The minimum absolute atomic E-state index is 0.311. The summed E-state index contributed by atoms with van der Waals surface area (Å²) in [6.07, 6.45) is 3.19. The maximum absolute atomic E-state index is 9.63. The number of hydrogen-bond donors (Lipinski definition) is 3. The number of nitrogens with one attached hydrogen (secondary N) is 1. The van der Waals surface area contributed by atoms with E-state index in [-0.39, 0.29) is 6.10 Å². The lowest BCUT2D eigenvalue weighted by Crippen LogP contribution is -2.35. The normalized spacial score (nSPS) is 15.0. The van der Waals surface area contributed by atoms with Crippen LogP contribution in [0.3, 0.4) is 0 Å². The highest BCUT2D eigenvalue weighted by Gasteiger charge is 2.06. The molecule has 110 valence electrons. The van der Waals surface area contributed by atoms with Crippen molar-refractivity contribution in [3.8, 4) is 0 Å². The van der Waals surface area contributed by atoms with E-state index in [0.717, 1.165) is 25.7 Å². The van der Waals surface area contributed by atoms with Crippen molar-refractivity contribution in [2.45, 2.75) is 58.7 Å². The summed E-state index contributed by atoms with van der Waals surface area (Å²) < 4.78 is 5.40. The van der Waals surface area contributed by atoms with Crippen LogP contribution in [0, 0.1) is 5.92 Å². The second kappa shape index (κ2) is 11.9. The van der Waals surface area contributed by atoms with Gasteiger partial charge < -0.3 is 20.3 Å². The van der Waals surface area contributed by atoms with Gasteiger partial charge in [-0.25, -0.2) is 0 Å². The molecule has 0 spiro atoms. The summed E-state index contributed by atoms with van der Waals surface area (Å²) in [4.78, 5) is 0. The molecule has 4 nitrogen and oxygen atoms in total. The fourth-order valence-electron chi connectivity index (χ4n) is 1.72. The molecular formula is C14H31NO3. The molecule has 0 aromatic rings. The van der Waals surface area contributed by atoms with Crippen LogP contribution in [0.15, 0.2) is 0 Å². The first-order valence-corrected chi connectivity index (χ1v) is 7.20. The van der Waals surface area contributed by atoms with E-state index in [4.69, 9.17) is 4.74 Å². The van der Waals surface area contributed by atoms with Gasteiger partial charge in [-0.05, 0) is 25.2 Å². The van der Waals surface area contributed by atoms with Gasteiger partial charge in [0.05, 0.1) is 18.8 Å². The van der Waals surface area contributed by atoms with E-state index in [0.29, 0.717) is 32.2 Å². The first-order valence-electron chi connectivity index (χ1n) is 7.20. The molecule has 0 amide bonds. The van der Waals surface area contributed by atoms with Crippen LogP contribution >= 0.6 is 0 Å². The summed E-state index contributed by atoms with van der Waals surface area (Å²) in [7, 11) is 0. The average molecular weight is 261 g/mol. The van der Waals surface area contributed by atoms with E-state index < -0.39 is 6.10 Å². The largest absolute Gasteiger partial charge is 0.392 e. The van der Waals surface area contributed by atoms with E-state index in [1.807, 2.05) is 6.92 Å². The molecule has 3 N–H and O–H groups in total. The molecule has 0 radical (unpaired) electrons. The third-order valence-corrected chi connectivity index (χ3v) is 2.76. The molecule has 0 fully saturated rings. The van der Waals surface area contributed by atoms with Crippen molar-refractivity contribution in [2.24, 2.45) is 5.92 Å². The van der Waals surface area contributed by atoms with Crippen molar-refractivity contribution >= 4 is 0 Å². The molecule has 0 rings (SSSR count). The Morgan fingerprint density at radius 2 is 1.72 bits per heavy atom. The lowest BCUT2D eigenvalue weighted by molar-refractivity contribution is 0.0330. The molecule has 0 aromatic carbocycles. The molecule has 0 heterocycles. The lowest BCUT2D eigenvalue weighted by atomic mass is 10.1. The SMILES string of the molecule is CCCC(O)CNCC(O)COCCCC(C)C. The van der Waals surface area contributed by atoms with E-state index in [9.17, 15) is 10.2 Å². The van der Waals surface area contributed by atoms with Crippen LogP contribution in [-0.2, 0) is 4.74 Å². The fourth-order valence-corrected chi connectivity index (χ4v) is 1.72. The number of hydrogen-bond acceptors (Lipinski definition) is 4. The van der Waals surface area contributed by atoms with Gasteiger partial charge in [0.1, 0.15) is 0 Å². The third kappa shape index (κ3) is 12.3. The van der Waals surface area contributed by atoms with Crippen LogP contribution in [0.5, 0.6) is 0 Å². The van der Waals surface area contributed by atoms with Crippen LogP contribution in [-0.4, -0.2) is 48.7 Å². The third-order valence-electron chi connectivity index (χ3n) is 2.76. The average Bonchev–Trinajstić information content (AvgIpc) is 2.28. The van der Waals surface area contributed by atoms with Crippen molar-refractivity contribution in [2.75, 3.05) is 26.3 Å². The maximum Gasteiger partial charge on any atom is 0.0897 e. The predicted molar refractivity (Wildman–Crippen MR) is 74.7 cm³/mol. The van der Waals surface area contributed by atoms with Gasteiger partial charge >= 0.3 is 0 Å². The number of ether oxygens (including phenoxy) is 1. The highest BCUT2D eigenvalue weighted by Crippen LogP contribution is 2.03. The zero-order valence-corrected chi connectivity index (χ0v) is 12.2. The summed E-state index contributed by atoms with van der Waals surface area (Å²) in [5, 5.41) is 22.2. The van der Waals surface area contributed by atoms with Gasteiger partial charge in [0.25, 0.3) is 0 Å². The van der Waals surface area contributed by atoms with E-state index in [2.05, 4.69) is 19.2 Å². The molecular weight excluding hydrogens is 230 g/mol. The molecule has 0 aliphatic heterocycles. The smallest absolute Gasteiger partial charge is 0.0897 e. The Hall–Kier alpha value is -0.160.